The molecule has 12 rings (SSSR count). The van der Waals surface area contributed by atoms with Gasteiger partial charge >= 0.3 is 0 Å². The summed E-state index contributed by atoms with van der Waals surface area (Å²) in [5.74, 6) is 1.85. The maximum absolute atomic E-state index is 6.98. The van der Waals surface area contributed by atoms with Crippen molar-refractivity contribution in [1.82, 2.24) is 19.5 Å². The fourth-order valence-corrected chi connectivity index (χ4v) is 8.41. The minimum atomic E-state index is 0.598. The minimum absolute atomic E-state index is 0.598. The molecule has 0 amide bonds. The highest BCUT2D eigenvalue weighted by atomic mass is 16.3. The first kappa shape index (κ1) is 31.5. The van der Waals surface area contributed by atoms with Crippen LogP contribution in [0.4, 0.5) is 0 Å². The summed E-state index contributed by atoms with van der Waals surface area (Å²) in [5, 5.41) is 6.57. The maximum Gasteiger partial charge on any atom is 0.164 e. The van der Waals surface area contributed by atoms with Gasteiger partial charge in [-0.3, -0.25) is 0 Å². The number of para-hydroxylation sites is 4. The van der Waals surface area contributed by atoms with Gasteiger partial charge in [0.2, 0.25) is 0 Å². The predicted molar refractivity (Wildman–Crippen MR) is 230 cm³/mol. The first-order valence-corrected chi connectivity index (χ1v) is 19.0. The lowest BCUT2D eigenvalue weighted by Gasteiger charge is -2.08. The molecule has 0 N–H and O–H groups in total. The van der Waals surface area contributed by atoms with Gasteiger partial charge in [0.25, 0.3) is 0 Å². The summed E-state index contributed by atoms with van der Waals surface area (Å²) in [6, 6.07) is 62.6. The predicted octanol–water partition coefficient (Wildman–Crippen LogP) is 13.4. The average Bonchev–Trinajstić information content (AvgIpc) is 3.96. The summed E-state index contributed by atoms with van der Waals surface area (Å²) in [4.78, 5) is 14.8. The third-order valence-corrected chi connectivity index (χ3v) is 11.1. The molecular formula is C51H30N4O2. The van der Waals surface area contributed by atoms with Crippen LogP contribution in [0.2, 0.25) is 0 Å². The van der Waals surface area contributed by atoms with Crippen LogP contribution in [-0.4, -0.2) is 19.5 Å². The van der Waals surface area contributed by atoms with Gasteiger partial charge in [0.15, 0.2) is 23.1 Å². The van der Waals surface area contributed by atoms with E-state index in [0.29, 0.717) is 17.5 Å². The molecule has 0 saturated heterocycles. The van der Waals surface area contributed by atoms with Crippen molar-refractivity contribution in [3.8, 4) is 51.0 Å². The van der Waals surface area contributed by atoms with Crippen LogP contribution in [0.1, 0.15) is 0 Å². The van der Waals surface area contributed by atoms with Crippen LogP contribution in [0, 0.1) is 0 Å². The van der Waals surface area contributed by atoms with E-state index in [-0.39, 0.29) is 0 Å². The largest absolute Gasteiger partial charge is 0.456 e. The quantitative estimate of drug-likeness (QED) is 0.176. The van der Waals surface area contributed by atoms with Gasteiger partial charge in [-0.2, -0.15) is 0 Å². The fourth-order valence-electron chi connectivity index (χ4n) is 8.41. The summed E-state index contributed by atoms with van der Waals surface area (Å²) in [7, 11) is 0. The molecule has 57 heavy (non-hydrogen) atoms. The highest BCUT2D eigenvalue weighted by Crippen LogP contribution is 2.42. The molecule has 0 radical (unpaired) electrons. The van der Waals surface area contributed by atoms with Gasteiger partial charge < -0.3 is 13.4 Å². The van der Waals surface area contributed by atoms with Crippen LogP contribution < -0.4 is 0 Å². The Morgan fingerprint density at radius 3 is 1.46 bits per heavy atom. The monoisotopic (exact) mass is 730 g/mol. The SMILES string of the molecule is c1ccc(-c2nc(-c3ccccc3)nc(-c3ccc4oc5ccc(-c6cccc7c6oc6c(-n8c9ccccc9c9ccccc98)cccc67)cc5c4c3)n2)cc1. The van der Waals surface area contributed by atoms with E-state index in [4.69, 9.17) is 23.8 Å². The standard InChI is InChI=1S/C51H30N4O2/c1-3-13-31(14-4-1)49-52-50(32-15-5-2-6-16-32)54-51(53-49)34-26-28-46-41(30-34)40-29-33(25-27-45(40)56-46)35-19-11-20-38-39-21-12-24-44(48(39)57-47(35)38)55-42-22-9-7-17-36(42)37-18-8-10-23-43(37)55/h1-30H. The minimum Gasteiger partial charge on any atom is -0.456 e. The second-order valence-corrected chi connectivity index (χ2v) is 14.4. The molecule has 6 heteroatoms. The lowest BCUT2D eigenvalue weighted by molar-refractivity contribution is 0.667. The van der Waals surface area contributed by atoms with Crippen molar-refractivity contribution in [3.63, 3.8) is 0 Å². The van der Waals surface area contributed by atoms with E-state index in [1.54, 1.807) is 0 Å². The molecule has 266 valence electrons. The molecule has 0 aliphatic carbocycles. The second-order valence-electron chi connectivity index (χ2n) is 14.4. The molecule has 4 aromatic heterocycles. The third-order valence-electron chi connectivity index (χ3n) is 11.1. The van der Waals surface area contributed by atoms with Crippen LogP contribution in [0.15, 0.2) is 191 Å². The smallest absolute Gasteiger partial charge is 0.164 e. The normalized spacial score (nSPS) is 11.9. The van der Waals surface area contributed by atoms with Crippen LogP contribution in [0.3, 0.4) is 0 Å². The Hall–Kier alpha value is -7.83. The summed E-state index contributed by atoms with van der Waals surface area (Å²) < 4.78 is 15.7. The van der Waals surface area contributed by atoms with E-state index < -0.39 is 0 Å². The van der Waals surface area contributed by atoms with Gasteiger partial charge in [-0.15, -0.1) is 0 Å². The first-order valence-electron chi connectivity index (χ1n) is 19.0. The van der Waals surface area contributed by atoms with Crippen LogP contribution in [-0.2, 0) is 0 Å². The summed E-state index contributed by atoms with van der Waals surface area (Å²) in [6.45, 7) is 0. The number of hydrogen-bond donors (Lipinski definition) is 0. The molecule has 12 aromatic rings. The molecule has 4 heterocycles. The van der Waals surface area contributed by atoms with Gasteiger partial charge in [0, 0.05) is 54.6 Å². The summed E-state index contributed by atoms with van der Waals surface area (Å²) in [6.07, 6.45) is 0. The highest BCUT2D eigenvalue weighted by Gasteiger charge is 2.20. The number of nitrogens with zero attached hydrogens (tertiary/aromatic N) is 4. The third kappa shape index (κ3) is 4.94. The average molecular weight is 731 g/mol. The molecule has 0 saturated carbocycles. The van der Waals surface area contributed by atoms with E-state index in [1.807, 2.05) is 72.8 Å². The van der Waals surface area contributed by atoms with Crippen LogP contribution >= 0.6 is 0 Å². The number of furan rings is 2. The molecule has 0 aliphatic heterocycles. The highest BCUT2D eigenvalue weighted by molar-refractivity contribution is 6.15. The van der Waals surface area contributed by atoms with Crippen molar-refractivity contribution in [2.24, 2.45) is 0 Å². The van der Waals surface area contributed by atoms with Gasteiger partial charge in [-0.1, -0.05) is 133 Å². The van der Waals surface area contributed by atoms with Crippen molar-refractivity contribution in [3.05, 3.63) is 182 Å². The molecule has 6 nitrogen and oxygen atoms in total. The van der Waals surface area contributed by atoms with E-state index in [1.165, 1.54) is 10.8 Å². The Labute approximate surface area is 325 Å². The Morgan fingerprint density at radius 2 is 0.825 bits per heavy atom. The Morgan fingerprint density at radius 1 is 0.333 bits per heavy atom. The fraction of sp³-hybridized carbons (Fsp3) is 0. The zero-order valence-corrected chi connectivity index (χ0v) is 30.4. The van der Waals surface area contributed by atoms with Crippen LogP contribution in [0.5, 0.6) is 0 Å². The topological polar surface area (TPSA) is 69.9 Å². The van der Waals surface area contributed by atoms with Crippen LogP contribution in [0.25, 0.3) is 117 Å². The van der Waals surface area contributed by atoms with E-state index >= 15 is 0 Å². The molecule has 0 spiro atoms. The van der Waals surface area contributed by atoms with E-state index in [2.05, 4.69) is 114 Å². The van der Waals surface area contributed by atoms with Gasteiger partial charge in [-0.25, -0.2) is 15.0 Å². The van der Waals surface area contributed by atoms with Crippen molar-refractivity contribution in [1.29, 1.82) is 0 Å². The Bertz CT molecular complexity index is 3410. The lowest BCUT2D eigenvalue weighted by Crippen LogP contribution is -2.00. The van der Waals surface area contributed by atoms with Crippen molar-refractivity contribution in [2.45, 2.75) is 0 Å². The van der Waals surface area contributed by atoms with E-state index in [9.17, 15) is 0 Å². The number of hydrogen-bond acceptors (Lipinski definition) is 5. The van der Waals surface area contributed by atoms with Crippen molar-refractivity contribution < 1.29 is 8.83 Å². The molecule has 0 atom stereocenters. The number of benzene rings is 8. The first-order chi connectivity index (χ1) is 28.2. The number of fused-ring (bicyclic) bond motifs is 9. The second kappa shape index (κ2) is 12.3. The zero-order valence-electron chi connectivity index (χ0n) is 30.4. The number of rotatable bonds is 5. The molecule has 0 aliphatic rings. The molecule has 0 bridgehead atoms. The van der Waals surface area contributed by atoms with Crippen molar-refractivity contribution in [2.75, 3.05) is 0 Å². The van der Waals surface area contributed by atoms with E-state index in [0.717, 1.165) is 88.4 Å². The molecule has 8 aromatic carbocycles. The Balaban J connectivity index is 1.02. The number of aromatic nitrogens is 4. The van der Waals surface area contributed by atoms with Gasteiger partial charge in [0.1, 0.15) is 16.7 Å². The summed E-state index contributed by atoms with van der Waals surface area (Å²) >= 11 is 0. The maximum atomic E-state index is 6.98. The summed E-state index contributed by atoms with van der Waals surface area (Å²) in [5.41, 5.74) is 11.4. The molecule has 0 fully saturated rings. The zero-order chi connectivity index (χ0) is 37.5. The molecular weight excluding hydrogens is 701 g/mol. The van der Waals surface area contributed by atoms with Gasteiger partial charge in [-0.05, 0) is 54.1 Å². The van der Waals surface area contributed by atoms with Crippen molar-refractivity contribution >= 4 is 65.7 Å². The lowest BCUT2D eigenvalue weighted by atomic mass is 10.00. The van der Waals surface area contributed by atoms with Gasteiger partial charge in [0.05, 0.1) is 16.7 Å². The Kier molecular flexibility index (Phi) is 6.83. The molecule has 0 unspecified atom stereocenters.